The van der Waals surface area contributed by atoms with Gasteiger partial charge in [0.15, 0.2) is 0 Å². The minimum absolute atomic E-state index is 0.0834. The van der Waals surface area contributed by atoms with Gasteiger partial charge in [0.05, 0.1) is 6.61 Å². The number of halogens is 1. The van der Waals surface area contributed by atoms with Crippen molar-refractivity contribution in [1.82, 2.24) is 0 Å². The first-order valence-corrected chi connectivity index (χ1v) is 23.5. The molecular weight excluding hydrogens is 833 g/mol. The molecule has 3 heteroatoms. The van der Waals surface area contributed by atoms with Gasteiger partial charge in [0.1, 0.15) is 0 Å². The van der Waals surface area contributed by atoms with Crippen LogP contribution in [0.1, 0.15) is 101 Å². The molecule has 0 spiro atoms. The van der Waals surface area contributed by atoms with Crippen LogP contribution in [-0.2, 0) is 25.8 Å². The highest BCUT2D eigenvalue weighted by Gasteiger charge is 2.45. The van der Waals surface area contributed by atoms with Crippen molar-refractivity contribution in [3.05, 3.63) is 178 Å². The molecule has 2 aliphatic carbocycles. The maximum absolute atomic E-state index is 11.7. The molecule has 0 bridgehead atoms. The summed E-state index contributed by atoms with van der Waals surface area (Å²) in [5, 5.41) is 7.96. The summed E-state index contributed by atoms with van der Waals surface area (Å²) in [6.45, 7) is 22.6. The molecule has 8 aromatic rings. The van der Waals surface area contributed by atoms with Crippen LogP contribution in [0.4, 0.5) is 0 Å². The number of unbranched alkanes of at least 4 members (excludes halogenated alkanes) is 2. The highest BCUT2D eigenvalue weighted by Crippen LogP contribution is 2.57. The van der Waals surface area contributed by atoms with Crippen molar-refractivity contribution in [2.45, 2.75) is 89.9 Å². The fraction of sp³-hybridized carbons (Fsp3) is 0.250. The van der Waals surface area contributed by atoms with Crippen molar-refractivity contribution in [3.8, 4) is 44.5 Å². The molecule has 10 rings (SSSR count). The van der Waals surface area contributed by atoms with Gasteiger partial charge >= 0.3 is 5.97 Å². The number of esters is 1. The Labute approximate surface area is 381 Å². The zero-order valence-corrected chi connectivity index (χ0v) is 39.1. The van der Waals surface area contributed by atoms with Crippen LogP contribution in [0.2, 0.25) is 0 Å². The molecule has 0 fully saturated rings. The Morgan fingerprint density at radius 1 is 0.635 bits per heavy atom. The van der Waals surface area contributed by atoms with Gasteiger partial charge in [-0.25, -0.2) is 4.79 Å². The van der Waals surface area contributed by atoms with Gasteiger partial charge in [-0.1, -0.05) is 180 Å². The molecule has 0 saturated heterocycles. The number of carbonyl (C=O) groups is 1. The Hall–Kier alpha value is -5.77. The first-order valence-electron chi connectivity index (χ1n) is 22.7. The molecule has 0 N–H and O–H groups in total. The van der Waals surface area contributed by atoms with Gasteiger partial charge < -0.3 is 4.74 Å². The molecule has 0 heterocycles. The normalized spacial score (nSPS) is 16.0. The summed E-state index contributed by atoms with van der Waals surface area (Å²) in [4.78, 5) is 11.7. The van der Waals surface area contributed by atoms with Crippen molar-refractivity contribution in [1.29, 1.82) is 0 Å². The molecule has 1 unspecified atom stereocenters. The second-order valence-corrected chi connectivity index (χ2v) is 20.5. The Morgan fingerprint density at radius 3 is 1.83 bits per heavy atom. The quantitative estimate of drug-likeness (QED) is 0.0425. The van der Waals surface area contributed by atoms with Gasteiger partial charge in [0, 0.05) is 21.4 Å². The number of ether oxygens (including phenoxy) is 1. The highest BCUT2D eigenvalue weighted by atomic mass is 79.9. The molecule has 0 aromatic heterocycles. The Bertz CT molecular complexity index is 3170. The van der Waals surface area contributed by atoms with E-state index < -0.39 is 0 Å². The number of allylic oxidation sites excluding steroid dienone is 1. The fourth-order valence-electron chi connectivity index (χ4n) is 11.2. The molecule has 314 valence electrons. The SMILES string of the molecule is C=CC(=O)OCCCCCC1(C(=C)CC)c2cc(Br)ccc2-c2ccc(-c3ccc4c(c3)C(C)(C)c3cc(-c5ccc6ccc7cc(C(C)(C)C)cc8ccc5c6c78)ccc3-4)cc21. The van der Waals surface area contributed by atoms with Crippen molar-refractivity contribution in [3.63, 3.8) is 0 Å². The van der Waals surface area contributed by atoms with Crippen LogP contribution in [0.15, 0.2) is 151 Å². The predicted molar refractivity (Wildman–Crippen MR) is 270 cm³/mol. The zero-order valence-electron chi connectivity index (χ0n) is 37.5. The minimum Gasteiger partial charge on any atom is -0.463 e. The van der Waals surface area contributed by atoms with Gasteiger partial charge in [0.2, 0.25) is 0 Å². The second kappa shape index (κ2) is 15.2. The third-order valence-corrected chi connectivity index (χ3v) is 15.1. The fourth-order valence-corrected chi connectivity index (χ4v) is 11.5. The maximum atomic E-state index is 11.7. The Morgan fingerprint density at radius 2 is 1.17 bits per heavy atom. The molecule has 2 aliphatic rings. The van der Waals surface area contributed by atoms with Crippen molar-refractivity contribution in [2.75, 3.05) is 6.61 Å². The molecule has 0 saturated carbocycles. The molecule has 2 nitrogen and oxygen atoms in total. The summed E-state index contributed by atoms with van der Waals surface area (Å²) >= 11 is 3.82. The van der Waals surface area contributed by atoms with Gasteiger partial charge in [-0.15, -0.1) is 0 Å². The van der Waals surface area contributed by atoms with Gasteiger partial charge in [-0.2, -0.15) is 0 Å². The van der Waals surface area contributed by atoms with Crippen LogP contribution < -0.4 is 0 Å². The van der Waals surface area contributed by atoms with E-state index in [4.69, 9.17) is 11.3 Å². The summed E-state index contributed by atoms with van der Waals surface area (Å²) in [6.07, 6.45) is 5.81. The summed E-state index contributed by atoms with van der Waals surface area (Å²) in [6, 6.07) is 46.9. The number of hydrogen-bond donors (Lipinski definition) is 0. The maximum Gasteiger partial charge on any atom is 0.330 e. The highest BCUT2D eigenvalue weighted by molar-refractivity contribution is 9.10. The van der Waals surface area contributed by atoms with Gasteiger partial charge in [-0.3, -0.25) is 0 Å². The van der Waals surface area contributed by atoms with E-state index in [1.54, 1.807) is 0 Å². The first-order chi connectivity index (χ1) is 30.2. The third kappa shape index (κ3) is 6.52. The van der Waals surface area contributed by atoms with E-state index in [0.717, 1.165) is 36.6 Å². The number of carbonyl (C=O) groups excluding carboxylic acids is 1. The number of fused-ring (bicyclic) bond motifs is 6. The molecule has 63 heavy (non-hydrogen) atoms. The van der Waals surface area contributed by atoms with E-state index >= 15 is 0 Å². The number of benzene rings is 8. The summed E-state index contributed by atoms with van der Waals surface area (Å²) in [7, 11) is 0. The molecule has 0 amide bonds. The average molecular weight is 888 g/mol. The lowest BCUT2D eigenvalue weighted by atomic mass is 9.68. The standard InChI is InChI=1S/C60H55BrO2/c1-9-36(3)60(28-12-11-13-29-63-55(62)10-2)53-33-39(18-24-48(53)49-27-21-44(61)35-54(49)60)38-17-23-46-47-25-19-40(34-52(47)59(7,8)51(46)32-38)45-22-16-37-14-15-41-30-43(58(4,5)6)31-42-20-26-50(45)57(37)56(41)42/h10,14-27,30-35H,2-3,9,11-13,28-29H2,1,4-8H3. The van der Waals surface area contributed by atoms with Crippen LogP contribution in [0.5, 0.6) is 0 Å². The van der Waals surface area contributed by atoms with E-state index in [-0.39, 0.29) is 22.2 Å². The van der Waals surface area contributed by atoms with Gasteiger partial charge in [0.25, 0.3) is 0 Å². The Balaban J connectivity index is 1.01. The number of hydrogen-bond acceptors (Lipinski definition) is 2. The monoisotopic (exact) mass is 886 g/mol. The molecule has 8 aromatic carbocycles. The molecular formula is C60H55BrO2. The summed E-state index contributed by atoms with van der Waals surface area (Å²) < 4.78 is 6.39. The lowest BCUT2D eigenvalue weighted by Gasteiger charge is -2.35. The predicted octanol–water partition coefficient (Wildman–Crippen LogP) is 16.8. The zero-order chi connectivity index (χ0) is 44.0. The lowest BCUT2D eigenvalue weighted by Crippen LogP contribution is -2.27. The average Bonchev–Trinajstić information content (AvgIpc) is 3.68. The van der Waals surface area contributed by atoms with Crippen molar-refractivity contribution < 1.29 is 9.53 Å². The van der Waals surface area contributed by atoms with E-state index in [9.17, 15) is 4.79 Å². The van der Waals surface area contributed by atoms with E-state index in [0.29, 0.717) is 6.61 Å². The molecule has 0 aliphatic heterocycles. The first kappa shape index (κ1) is 41.3. The summed E-state index contributed by atoms with van der Waals surface area (Å²) in [5.41, 5.74) is 17.8. The Kier molecular flexibility index (Phi) is 9.95. The second-order valence-electron chi connectivity index (χ2n) is 19.6. The molecule has 0 radical (unpaired) electrons. The van der Waals surface area contributed by atoms with Crippen LogP contribution in [0.25, 0.3) is 76.8 Å². The summed E-state index contributed by atoms with van der Waals surface area (Å²) in [5.74, 6) is -0.361. The minimum atomic E-state index is -0.361. The topological polar surface area (TPSA) is 26.3 Å². The van der Waals surface area contributed by atoms with Crippen LogP contribution >= 0.6 is 15.9 Å². The van der Waals surface area contributed by atoms with Gasteiger partial charge in [-0.05, 0) is 160 Å². The van der Waals surface area contributed by atoms with E-state index in [1.807, 2.05) is 0 Å². The van der Waals surface area contributed by atoms with Crippen LogP contribution in [-0.4, -0.2) is 12.6 Å². The van der Waals surface area contributed by atoms with Crippen LogP contribution in [0, 0.1) is 0 Å². The smallest absolute Gasteiger partial charge is 0.330 e. The van der Waals surface area contributed by atoms with E-state index in [1.165, 1.54) is 116 Å². The van der Waals surface area contributed by atoms with E-state index in [2.05, 4.69) is 185 Å². The van der Waals surface area contributed by atoms with Crippen molar-refractivity contribution in [2.24, 2.45) is 0 Å². The number of rotatable bonds is 11. The van der Waals surface area contributed by atoms with Crippen LogP contribution in [0.3, 0.4) is 0 Å². The third-order valence-electron chi connectivity index (χ3n) is 14.6. The lowest BCUT2D eigenvalue weighted by molar-refractivity contribution is -0.137. The largest absolute Gasteiger partial charge is 0.463 e. The van der Waals surface area contributed by atoms with Crippen molar-refractivity contribution >= 4 is 54.2 Å². The molecule has 1 atom stereocenters.